The molecule has 2 rings (SSSR count). The van der Waals surface area contributed by atoms with E-state index in [1.807, 2.05) is 0 Å². The predicted octanol–water partition coefficient (Wildman–Crippen LogP) is 2.94. The van der Waals surface area contributed by atoms with Crippen molar-refractivity contribution in [1.82, 2.24) is 9.97 Å². The number of H-pyrrole nitrogens is 1. The van der Waals surface area contributed by atoms with Crippen LogP contribution >= 0.6 is 46.1 Å². The van der Waals surface area contributed by atoms with E-state index in [2.05, 4.69) is 9.97 Å². The maximum absolute atomic E-state index is 11.3. The van der Waals surface area contributed by atoms with Gasteiger partial charge in [0.2, 0.25) is 5.28 Å². The van der Waals surface area contributed by atoms with Gasteiger partial charge in [-0.1, -0.05) is 23.2 Å². The minimum Gasteiger partial charge on any atom is -0.296 e. The summed E-state index contributed by atoms with van der Waals surface area (Å²) in [6.45, 7) is 0. The fourth-order valence-corrected chi connectivity index (χ4v) is 2.46. The highest BCUT2D eigenvalue weighted by Crippen LogP contribution is 2.35. The van der Waals surface area contributed by atoms with E-state index in [4.69, 9.17) is 34.8 Å². The Bertz CT molecular complexity index is 532. The number of halogens is 3. The maximum atomic E-state index is 11.3. The monoisotopic (exact) mass is 254 g/mol. The van der Waals surface area contributed by atoms with Gasteiger partial charge in [-0.05, 0) is 11.6 Å². The second-order valence-corrected chi connectivity index (χ2v) is 4.58. The number of nitrogens with one attached hydrogen (secondary N) is 1. The molecular weight excluding hydrogens is 255 g/mol. The second-order valence-electron chi connectivity index (χ2n) is 2.22. The van der Waals surface area contributed by atoms with Crippen LogP contribution in [-0.4, -0.2) is 9.97 Å². The van der Waals surface area contributed by atoms with Gasteiger partial charge in [-0.3, -0.25) is 9.78 Å². The molecule has 0 radical (unpaired) electrons. The highest BCUT2D eigenvalue weighted by atomic mass is 35.5. The van der Waals surface area contributed by atoms with Crippen molar-refractivity contribution in [2.75, 3.05) is 0 Å². The Morgan fingerprint density at radius 2 is 2.00 bits per heavy atom. The molecule has 3 nitrogen and oxygen atoms in total. The van der Waals surface area contributed by atoms with E-state index in [9.17, 15) is 4.79 Å². The van der Waals surface area contributed by atoms with Crippen molar-refractivity contribution >= 4 is 56.4 Å². The second kappa shape index (κ2) is 3.13. The van der Waals surface area contributed by atoms with E-state index >= 15 is 0 Å². The van der Waals surface area contributed by atoms with Gasteiger partial charge in [0.1, 0.15) is 14.6 Å². The summed E-state index contributed by atoms with van der Waals surface area (Å²) in [5.74, 6) is 0. The number of thiophene rings is 1. The molecule has 0 aliphatic carbocycles. The van der Waals surface area contributed by atoms with Gasteiger partial charge < -0.3 is 0 Å². The third-order valence-electron chi connectivity index (χ3n) is 1.42. The van der Waals surface area contributed by atoms with Crippen LogP contribution in [0.1, 0.15) is 0 Å². The van der Waals surface area contributed by atoms with Crippen LogP contribution < -0.4 is 5.56 Å². The predicted molar refractivity (Wildman–Crippen MR) is 55.3 cm³/mol. The Hall–Kier alpha value is -0.290. The van der Waals surface area contributed by atoms with Gasteiger partial charge in [0.15, 0.2) is 0 Å². The van der Waals surface area contributed by atoms with Crippen molar-refractivity contribution < 1.29 is 0 Å². The molecule has 68 valence electrons. The zero-order chi connectivity index (χ0) is 9.59. The summed E-state index contributed by atoms with van der Waals surface area (Å²) < 4.78 is 0.733. The van der Waals surface area contributed by atoms with Crippen LogP contribution in [0.2, 0.25) is 14.6 Å². The van der Waals surface area contributed by atoms with Crippen LogP contribution in [0, 0.1) is 0 Å². The number of fused-ring (bicyclic) bond motifs is 1. The molecule has 0 unspecified atom stereocenters. The molecule has 0 bridgehead atoms. The number of nitrogens with zero attached hydrogens (tertiary/aromatic N) is 1. The Morgan fingerprint density at radius 3 is 2.69 bits per heavy atom. The number of aromatic amines is 1. The first-order valence-electron chi connectivity index (χ1n) is 3.13. The summed E-state index contributed by atoms with van der Waals surface area (Å²) in [6.07, 6.45) is 0. The first-order chi connectivity index (χ1) is 6.09. The van der Waals surface area contributed by atoms with E-state index in [1.165, 1.54) is 0 Å². The molecule has 0 amide bonds. The van der Waals surface area contributed by atoms with E-state index in [1.54, 1.807) is 0 Å². The van der Waals surface area contributed by atoms with Crippen molar-refractivity contribution in [3.05, 3.63) is 25.0 Å². The maximum Gasteiger partial charge on any atom is 0.269 e. The summed E-state index contributed by atoms with van der Waals surface area (Å²) >= 11 is 18.1. The molecule has 0 fully saturated rings. The first-order valence-corrected chi connectivity index (χ1v) is 5.08. The van der Waals surface area contributed by atoms with Crippen LogP contribution in [0.5, 0.6) is 0 Å². The molecular formula is C6HCl3N2OS. The Kier molecular flexibility index (Phi) is 2.23. The summed E-state index contributed by atoms with van der Waals surface area (Å²) in [5, 5.41) is 0.281. The lowest BCUT2D eigenvalue weighted by Gasteiger charge is -1.89. The molecule has 2 aromatic rings. The smallest absolute Gasteiger partial charge is 0.269 e. The quantitative estimate of drug-likeness (QED) is 0.736. The average molecular weight is 256 g/mol. The first kappa shape index (κ1) is 9.27. The molecule has 1 N–H and O–H groups in total. The van der Waals surface area contributed by atoms with Gasteiger partial charge >= 0.3 is 0 Å². The molecule has 0 saturated carbocycles. The summed E-state index contributed by atoms with van der Waals surface area (Å²) in [5.41, 5.74) is 0.0271. The topological polar surface area (TPSA) is 45.8 Å². The average Bonchev–Trinajstić information content (AvgIpc) is 2.32. The SMILES string of the molecule is O=c1[nH]c(Cl)nc2c(Cl)c(Cl)sc12. The standard InChI is InChI=1S/C6HCl3N2OS/c7-1-2-3(13-4(1)8)5(12)11-6(9)10-2/h(H,10,11,12). The lowest BCUT2D eigenvalue weighted by atomic mass is 10.5. The van der Waals surface area contributed by atoms with E-state index in [0.29, 0.717) is 14.6 Å². The van der Waals surface area contributed by atoms with Crippen LogP contribution in [0.3, 0.4) is 0 Å². The summed E-state index contributed by atoms with van der Waals surface area (Å²) in [4.78, 5) is 17.5. The molecule has 0 saturated heterocycles. The van der Waals surface area contributed by atoms with Gasteiger partial charge in [0.05, 0.1) is 5.02 Å². The van der Waals surface area contributed by atoms with Crippen LogP contribution in [0.15, 0.2) is 4.79 Å². The van der Waals surface area contributed by atoms with Crippen LogP contribution in [-0.2, 0) is 0 Å². The summed E-state index contributed by atoms with van der Waals surface area (Å²) in [7, 11) is 0. The van der Waals surface area contributed by atoms with Crippen molar-refractivity contribution in [2.45, 2.75) is 0 Å². The Balaban J connectivity index is 3.03. The lowest BCUT2D eigenvalue weighted by molar-refractivity contribution is 1.18. The molecule has 2 aromatic heterocycles. The molecule has 0 aromatic carbocycles. The highest BCUT2D eigenvalue weighted by Gasteiger charge is 2.13. The van der Waals surface area contributed by atoms with Crippen molar-refractivity contribution in [1.29, 1.82) is 0 Å². The molecule has 0 aliphatic rings. The minimum atomic E-state index is -0.325. The van der Waals surface area contributed by atoms with E-state index < -0.39 is 0 Å². The Morgan fingerprint density at radius 1 is 1.31 bits per heavy atom. The van der Waals surface area contributed by atoms with Gasteiger partial charge in [-0.2, -0.15) is 0 Å². The third kappa shape index (κ3) is 1.44. The van der Waals surface area contributed by atoms with Crippen molar-refractivity contribution in [3.63, 3.8) is 0 Å². The van der Waals surface area contributed by atoms with Gasteiger partial charge in [0, 0.05) is 0 Å². The minimum absolute atomic E-state index is 0.00821. The molecule has 0 spiro atoms. The van der Waals surface area contributed by atoms with Crippen LogP contribution in [0.25, 0.3) is 10.2 Å². The van der Waals surface area contributed by atoms with Gasteiger partial charge in [-0.15, -0.1) is 11.3 Å². The fraction of sp³-hybridized carbons (Fsp3) is 0. The number of hydrogen-bond acceptors (Lipinski definition) is 3. The van der Waals surface area contributed by atoms with E-state index in [-0.39, 0.29) is 15.9 Å². The van der Waals surface area contributed by atoms with Crippen molar-refractivity contribution in [2.24, 2.45) is 0 Å². The number of hydrogen-bond donors (Lipinski definition) is 1. The zero-order valence-corrected chi connectivity index (χ0v) is 8.98. The lowest BCUT2D eigenvalue weighted by Crippen LogP contribution is -2.05. The van der Waals surface area contributed by atoms with Gasteiger partial charge in [-0.25, -0.2) is 4.98 Å². The van der Waals surface area contributed by atoms with Crippen molar-refractivity contribution in [3.8, 4) is 0 Å². The molecule has 7 heteroatoms. The molecule has 0 atom stereocenters. The normalized spacial score (nSPS) is 11.0. The Labute approximate surface area is 91.3 Å². The van der Waals surface area contributed by atoms with Gasteiger partial charge in [0.25, 0.3) is 5.56 Å². The molecule has 2 heterocycles. The molecule has 0 aliphatic heterocycles. The number of rotatable bonds is 0. The fourth-order valence-electron chi connectivity index (χ4n) is 0.906. The zero-order valence-electron chi connectivity index (χ0n) is 5.90. The highest BCUT2D eigenvalue weighted by molar-refractivity contribution is 7.23. The largest absolute Gasteiger partial charge is 0.296 e. The molecule has 13 heavy (non-hydrogen) atoms. The number of aromatic nitrogens is 2. The van der Waals surface area contributed by atoms with E-state index in [0.717, 1.165) is 11.3 Å². The van der Waals surface area contributed by atoms with Crippen LogP contribution in [0.4, 0.5) is 0 Å². The summed E-state index contributed by atoms with van der Waals surface area (Å²) in [6, 6.07) is 0. The third-order valence-corrected chi connectivity index (χ3v) is 3.56.